The summed E-state index contributed by atoms with van der Waals surface area (Å²) in [4.78, 5) is 14.8. The lowest BCUT2D eigenvalue weighted by molar-refractivity contribution is 1.26. The lowest BCUT2D eigenvalue weighted by Crippen LogP contribution is -1.80. The van der Waals surface area contributed by atoms with Crippen molar-refractivity contribution in [3.63, 3.8) is 0 Å². The van der Waals surface area contributed by atoms with Crippen LogP contribution >= 0.6 is 22.7 Å². The van der Waals surface area contributed by atoms with E-state index in [9.17, 15) is 0 Å². The normalized spacial score (nSPS) is 10.8. The van der Waals surface area contributed by atoms with Gasteiger partial charge >= 0.3 is 0 Å². The van der Waals surface area contributed by atoms with Crippen LogP contribution in [-0.2, 0) is 0 Å². The Kier molecular flexibility index (Phi) is 3.73. The summed E-state index contributed by atoms with van der Waals surface area (Å²) in [5.74, 6) is 0. The van der Waals surface area contributed by atoms with Crippen molar-refractivity contribution in [1.82, 2.24) is 15.0 Å². The highest BCUT2D eigenvalue weighted by atomic mass is 32.1. The second-order valence-electron chi connectivity index (χ2n) is 5.08. The molecule has 0 saturated heterocycles. The third-order valence-electron chi connectivity index (χ3n) is 3.46. The van der Waals surface area contributed by atoms with Gasteiger partial charge in [0.2, 0.25) is 0 Å². The number of aromatic nitrogens is 3. The lowest BCUT2D eigenvalue weighted by atomic mass is 10.2. The summed E-state index contributed by atoms with van der Waals surface area (Å²) in [6, 6.07) is 14.2. The first kappa shape index (κ1) is 14.2. The number of nitrogens with zero attached hydrogens (tertiary/aromatic N) is 3. The van der Waals surface area contributed by atoms with E-state index in [1.54, 1.807) is 28.9 Å². The van der Waals surface area contributed by atoms with Crippen LogP contribution in [-0.4, -0.2) is 15.0 Å². The molecule has 112 valence electrons. The fraction of sp³-hybridized carbons (Fsp3) is 0.0556. The molecular weight excluding hydrogens is 322 g/mol. The maximum absolute atomic E-state index is 4.77. The van der Waals surface area contributed by atoms with Crippen LogP contribution in [0.3, 0.4) is 0 Å². The highest BCUT2D eigenvalue weighted by Crippen LogP contribution is 2.37. The van der Waals surface area contributed by atoms with Crippen LogP contribution in [0.25, 0.3) is 31.7 Å². The van der Waals surface area contributed by atoms with Gasteiger partial charge in [0, 0.05) is 28.9 Å². The van der Waals surface area contributed by atoms with Crippen LogP contribution in [0.1, 0.15) is 5.69 Å². The van der Waals surface area contributed by atoms with Crippen LogP contribution in [0.4, 0.5) is 0 Å². The van der Waals surface area contributed by atoms with Crippen LogP contribution in [0.5, 0.6) is 0 Å². The summed E-state index contributed by atoms with van der Waals surface area (Å²) < 4.78 is 0. The Morgan fingerprint density at radius 3 is 2.48 bits per heavy atom. The van der Waals surface area contributed by atoms with Crippen LogP contribution in [0.15, 0.2) is 60.2 Å². The van der Waals surface area contributed by atoms with E-state index in [2.05, 4.69) is 22.5 Å². The molecule has 0 aliphatic carbocycles. The molecule has 0 N–H and O–H groups in total. The van der Waals surface area contributed by atoms with Crippen LogP contribution in [0, 0.1) is 6.92 Å². The van der Waals surface area contributed by atoms with Gasteiger partial charge in [-0.15, -0.1) is 22.7 Å². The van der Waals surface area contributed by atoms with Gasteiger partial charge in [-0.25, -0.2) is 9.97 Å². The Labute approximate surface area is 142 Å². The van der Waals surface area contributed by atoms with Crippen LogP contribution in [0.2, 0.25) is 0 Å². The molecule has 0 bridgehead atoms. The second-order valence-corrected chi connectivity index (χ2v) is 6.94. The van der Waals surface area contributed by atoms with E-state index in [0.29, 0.717) is 0 Å². The van der Waals surface area contributed by atoms with E-state index in [-0.39, 0.29) is 0 Å². The van der Waals surface area contributed by atoms with Gasteiger partial charge < -0.3 is 0 Å². The maximum Gasteiger partial charge on any atom is 0.125 e. The van der Waals surface area contributed by atoms with Gasteiger partial charge in [-0.2, -0.15) is 0 Å². The molecule has 3 heterocycles. The van der Waals surface area contributed by atoms with Crippen molar-refractivity contribution in [2.45, 2.75) is 6.92 Å². The number of hydrogen-bond donors (Lipinski definition) is 0. The molecule has 0 aliphatic heterocycles. The number of benzene rings is 1. The maximum atomic E-state index is 4.77. The van der Waals surface area contributed by atoms with Gasteiger partial charge in [-0.05, 0) is 19.1 Å². The van der Waals surface area contributed by atoms with Crippen molar-refractivity contribution < 1.29 is 0 Å². The summed E-state index contributed by atoms with van der Waals surface area (Å²) in [5.41, 5.74) is 4.21. The Balaban J connectivity index is 1.72. The third-order valence-corrected chi connectivity index (χ3v) is 5.58. The van der Waals surface area contributed by atoms with Gasteiger partial charge in [0.05, 0.1) is 16.3 Å². The zero-order valence-electron chi connectivity index (χ0n) is 12.4. The van der Waals surface area contributed by atoms with Crippen molar-refractivity contribution in [3.05, 3.63) is 65.9 Å². The molecule has 0 atom stereocenters. The molecule has 0 saturated carbocycles. The van der Waals surface area contributed by atoms with Gasteiger partial charge in [-0.3, -0.25) is 4.98 Å². The summed E-state index contributed by atoms with van der Waals surface area (Å²) in [6.45, 7) is 2.04. The van der Waals surface area contributed by atoms with E-state index in [1.807, 2.05) is 43.5 Å². The molecule has 0 spiro atoms. The summed E-state index contributed by atoms with van der Waals surface area (Å²) in [7, 11) is 0. The molecule has 4 rings (SSSR count). The second kappa shape index (κ2) is 6.02. The first-order valence-electron chi connectivity index (χ1n) is 7.20. The van der Waals surface area contributed by atoms with Crippen molar-refractivity contribution in [3.8, 4) is 31.7 Å². The van der Waals surface area contributed by atoms with Crippen molar-refractivity contribution in [2.75, 3.05) is 0 Å². The standard InChI is InChI=1S/C18H13N3S2/c1-12-16(23-18(20-12)13-6-3-2-4-7-13)15-11-22-17(21-15)14-8-5-9-19-10-14/h2-11H,1H3. The quantitative estimate of drug-likeness (QED) is 0.509. The molecule has 4 aromatic rings. The Morgan fingerprint density at radius 2 is 1.70 bits per heavy atom. The van der Waals surface area contributed by atoms with E-state index < -0.39 is 0 Å². The third kappa shape index (κ3) is 2.81. The van der Waals surface area contributed by atoms with Gasteiger partial charge in [-0.1, -0.05) is 30.3 Å². The minimum atomic E-state index is 0.988. The molecule has 1 aromatic carbocycles. The summed E-state index contributed by atoms with van der Waals surface area (Å²) >= 11 is 3.33. The molecule has 0 unspecified atom stereocenters. The minimum absolute atomic E-state index is 0.988. The summed E-state index contributed by atoms with van der Waals surface area (Å²) in [6.07, 6.45) is 3.62. The van der Waals surface area contributed by atoms with Crippen molar-refractivity contribution in [1.29, 1.82) is 0 Å². The molecule has 0 fully saturated rings. The van der Waals surface area contributed by atoms with Crippen molar-refractivity contribution >= 4 is 22.7 Å². The fourth-order valence-electron chi connectivity index (χ4n) is 2.34. The van der Waals surface area contributed by atoms with Crippen LogP contribution < -0.4 is 0 Å². The number of rotatable bonds is 3. The van der Waals surface area contributed by atoms with E-state index in [0.717, 1.165) is 37.4 Å². The molecule has 23 heavy (non-hydrogen) atoms. The Bertz CT molecular complexity index is 927. The summed E-state index contributed by atoms with van der Waals surface area (Å²) in [5, 5.41) is 4.12. The topological polar surface area (TPSA) is 38.7 Å². The zero-order valence-corrected chi connectivity index (χ0v) is 14.1. The lowest BCUT2D eigenvalue weighted by Gasteiger charge is -1.94. The molecule has 0 aliphatic rings. The molecule has 5 heteroatoms. The van der Waals surface area contributed by atoms with E-state index in [4.69, 9.17) is 9.97 Å². The average Bonchev–Trinajstić information content (AvgIpc) is 3.23. The predicted octanol–water partition coefficient (Wildman–Crippen LogP) is 5.30. The largest absolute Gasteiger partial charge is 0.264 e. The first-order chi connectivity index (χ1) is 11.3. The number of thiazole rings is 2. The van der Waals surface area contributed by atoms with E-state index in [1.165, 1.54) is 0 Å². The predicted molar refractivity (Wildman–Crippen MR) is 96.6 cm³/mol. The van der Waals surface area contributed by atoms with Gasteiger partial charge in [0.25, 0.3) is 0 Å². The SMILES string of the molecule is Cc1nc(-c2ccccc2)sc1-c1csc(-c2cccnc2)n1. The van der Waals surface area contributed by atoms with Crippen molar-refractivity contribution in [2.24, 2.45) is 0 Å². The Morgan fingerprint density at radius 1 is 0.870 bits per heavy atom. The monoisotopic (exact) mass is 335 g/mol. The minimum Gasteiger partial charge on any atom is -0.264 e. The molecular formula is C18H13N3S2. The number of hydrogen-bond acceptors (Lipinski definition) is 5. The average molecular weight is 335 g/mol. The molecule has 3 aromatic heterocycles. The molecule has 0 amide bonds. The first-order valence-corrected chi connectivity index (χ1v) is 8.90. The van der Waals surface area contributed by atoms with E-state index >= 15 is 0 Å². The molecule has 3 nitrogen and oxygen atoms in total. The molecule has 0 radical (unpaired) electrons. The fourth-order valence-corrected chi connectivity index (χ4v) is 4.25. The smallest absolute Gasteiger partial charge is 0.125 e. The highest BCUT2D eigenvalue weighted by Gasteiger charge is 2.14. The number of pyridine rings is 1. The number of aryl methyl sites for hydroxylation is 1. The zero-order chi connectivity index (χ0) is 15.6. The van der Waals surface area contributed by atoms with Gasteiger partial charge in [0.1, 0.15) is 10.0 Å². The highest BCUT2D eigenvalue weighted by molar-refractivity contribution is 7.19. The van der Waals surface area contributed by atoms with Gasteiger partial charge in [0.15, 0.2) is 0 Å². The Hall–Kier alpha value is -2.37.